The number of aromatic nitrogens is 1. The van der Waals surface area contributed by atoms with Gasteiger partial charge in [-0.15, -0.1) is 0 Å². The molecule has 5 atom stereocenters. The number of piperazine rings is 1. The fourth-order valence-corrected chi connectivity index (χ4v) is 9.16. The first-order chi connectivity index (χ1) is 22.6. The van der Waals surface area contributed by atoms with Crippen molar-refractivity contribution in [3.63, 3.8) is 0 Å². The molecule has 2 amide bonds. The molecule has 2 saturated heterocycles. The maximum absolute atomic E-state index is 13.7. The van der Waals surface area contributed by atoms with Gasteiger partial charge in [-0.2, -0.15) is 0 Å². The standard InChI is InChI=1S/C36H55N5O6S/c1-7-11-28-20-27(14-16-37-28)22-40-17-18-41(30(23-40)34(43)39-36(4,5)6)24-31(42)29(21-26-12-9-8-10-13-26)38-35(44)47-32-15-19-48(45,46)33(32)25(2)3/h8-10,12-14,16,20,25,29-33,42H,7,11,15,17-19,21-24H2,1-6H3,(H,38,44)(H,39,43)/t29-,30-,31+,32+,33+/m0/s1. The lowest BCUT2D eigenvalue weighted by atomic mass is 9.99. The fourth-order valence-electron chi connectivity index (χ4n) is 6.84. The van der Waals surface area contributed by atoms with E-state index in [0.717, 1.165) is 29.7 Å². The Labute approximate surface area is 286 Å². The normalized spacial score (nSPS) is 23.0. The topological polar surface area (TPSA) is 141 Å². The molecule has 4 rings (SSSR count). The lowest BCUT2D eigenvalue weighted by Crippen LogP contribution is -2.63. The molecule has 48 heavy (non-hydrogen) atoms. The molecule has 266 valence electrons. The van der Waals surface area contributed by atoms with E-state index in [9.17, 15) is 23.1 Å². The highest BCUT2D eigenvalue weighted by atomic mass is 32.2. The Morgan fingerprint density at radius 3 is 2.50 bits per heavy atom. The Kier molecular flexibility index (Phi) is 13.0. The van der Waals surface area contributed by atoms with Crippen LogP contribution in [0.4, 0.5) is 4.79 Å². The minimum absolute atomic E-state index is 0.0189. The van der Waals surface area contributed by atoms with Gasteiger partial charge in [0.05, 0.1) is 17.9 Å². The van der Waals surface area contributed by atoms with Crippen molar-refractivity contribution in [1.82, 2.24) is 25.4 Å². The van der Waals surface area contributed by atoms with Gasteiger partial charge in [0.1, 0.15) is 17.4 Å². The summed E-state index contributed by atoms with van der Waals surface area (Å²) >= 11 is 0. The zero-order chi connectivity index (χ0) is 35.1. The van der Waals surface area contributed by atoms with Gasteiger partial charge in [0.15, 0.2) is 9.84 Å². The van der Waals surface area contributed by atoms with E-state index in [2.05, 4.69) is 33.5 Å². The Balaban J connectivity index is 1.50. The maximum Gasteiger partial charge on any atom is 0.407 e. The van der Waals surface area contributed by atoms with Crippen LogP contribution in [0.5, 0.6) is 0 Å². The van der Waals surface area contributed by atoms with Crippen LogP contribution in [0.1, 0.15) is 71.2 Å². The predicted octanol–water partition coefficient (Wildman–Crippen LogP) is 3.35. The van der Waals surface area contributed by atoms with Crippen molar-refractivity contribution in [2.24, 2.45) is 5.92 Å². The summed E-state index contributed by atoms with van der Waals surface area (Å²) in [5, 5.41) is 16.9. The van der Waals surface area contributed by atoms with Gasteiger partial charge in [0.2, 0.25) is 5.91 Å². The van der Waals surface area contributed by atoms with Crippen molar-refractivity contribution in [2.75, 3.05) is 31.9 Å². The zero-order valence-corrected chi connectivity index (χ0v) is 30.2. The summed E-state index contributed by atoms with van der Waals surface area (Å²) < 4.78 is 31.0. The Bertz CT molecular complexity index is 1460. The number of carbonyl (C=O) groups excluding carboxylic acids is 2. The van der Waals surface area contributed by atoms with Gasteiger partial charge < -0.3 is 20.5 Å². The summed E-state index contributed by atoms with van der Waals surface area (Å²) in [5.74, 6) is -0.336. The van der Waals surface area contributed by atoms with Crippen molar-refractivity contribution in [1.29, 1.82) is 0 Å². The lowest BCUT2D eigenvalue weighted by Gasteiger charge is -2.43. The van der Waals surface area contributed by atoms with Gasteiger partial charge in [-0.25, -0.2) is 13.2 Å². The van der Waals surface area contributed by atoms with Crippen molar-refractivity contribution in [3.8, 4) is 0 Å². The summed E-state index contributed by atoms with van der Waals surface area (Å²) in [6, 6.07) is 12.4. The quantitative estimate of drug-likeness (QED) is 0.290. The number of aliphatic hydroxyl groups excluding tert-OH is 1. The molecule has 0 bridgehead atoms. The SMILES string of the molecule is CCCc1cc(CN2CCN(C[C@@H](O)[C@H](Cc3ccccc3)NC(=O)O[C@@H]3CCS(=O)(=O)[C@@H]3C(C)C)[C@H](C(=O)NC(C)(C)C)C2)ccn1. The first kappa shape index (κ1) is 37.8. The molecule has 0 unspecified atom stereocenters. The second-order valence-electron chi connectivity index (χ2n) is 14.7. The third kappa shape index (κ3) is 10.7. The number of nitrogens with zero attached hydrogens (tertiary/aromatic N) is 3. The molecule has 12 heteroatoms. The molecule has 0 radical (unpaired) electrons. The van der Waals surface area contributed by atoms with Crippen molar-refractivity contribution >= 4 is 21.8 Å². The van der Waals surface area contributed by atoms with Crippen LogP contribution in [-0.4, -0.2) is 107 Å². The van der Waals surface area contributed by atoms with Crippen LogP contribution in [0.15, 0.2) is 48.7 Å². The molecular weight excluding hydrogens is 630 g/mol. The average molecular weight is 686 g/mol. The number of hydrogen-bond acceptors (Lipinski definition) is 9. The molecule has 2 aliphatic heterocycles. The number of aliphatic hydroxyl groups is 1. The number of alkyl carbamates (subject to hydrolysis) is 1. The van der Waals surface area contributed by atoms with Gasteiger partial charge in [-0.3, -0.25) is 19.6 Å². The molecule has 11 nitrogen and oxygen atoms in total. The van der Waals surface area contributed by atoms with Gasteiger partial charge in [-0.1, -0.05) is 57.5 Å². The number of amides is 2. The summed E-state index contributed by atoms with van der Waals surface area (Å²) in [7, 11) is -3.36. The maximum atomic E-state index is 13.7. The number of aryl methyl sites for hydroxylation is 1. The largest absolute Gasteiger partial charge is 0.445 e. The van der Waals surface area contributed by atoms with Crippen LogP contribution in [-0.2, 0) is 38.8 Å². The highest BCUT2D eigenvalue weighted by Gasteiger charge is 2.45. The van der Waals surface area contributed by atoms with E-state index in [0.29, 0.717) is 32.6 Å². The first-order valence-electron chi connectivity index (χ1n) is 17.3. The highest BCUT2D eigenvalue weighted by molar-refractivity contribution is 7.92. The summed E-state index contributed by atoms with van der Waals surface area (Å²) in [4.78, 5) is 35.7. The number of hydrogen-bond donors (Lipinski definition) is 3. The highest BCUT2D eigenvalue weighted by Crippen LogP contribution is 2.29. The molecule has 2 fully saturated rings. The second-order valence-corrected chi connectivity index (χ2v) is 17.0. The number of rotatable bonds is 13. The summed E-state index contributed by atoms with van der Waals surface area (Å²) in [6.07, 6.45) is 1.81. The summed E-state index contributed by atoms with van der Waals surface area (Å²) in [5.41, 5.74) is 2.69. The van der Waals surface area contributed by atoms with Gasteiger partial charge in [0.25, 0.3) is 0 Å². The van der Waals surface area contributed by atoms with E-state index in [-0.39, 0.29) is 30.5 Å². The minimum Gasteiger partial charge on any atom is -0.445 e. The minimum atomic E-state index is -3.36. The molecule has 2 aliphatic rings. The van der Waals surface area contributed by atoms with E-state index in [1.807, 2.05) is 82.1 Å². The molecule has 0 aliphatic carbocycles. The van der Waals surface area contributed by atoms with Gasteiger partial charge in [-0.05, 0) is 69.2 Å². The zero-order valence-electron chi connectivity index (χ0n) is 29.4. The second kappa shape index (κ2) is 16.6. The van der Waals surface area contributed by atoms with Gasteiger partial charge in [0, 0.05) is 50.2 Å². The molecule has 0 spiro atoms. The van der Waals surface area contributed by atoms with E-state index in [1.54, 1.807) is 0 Å². The van der Waals surface area contributed by atoms with Crippen LogP contribution in [0.3, 0.4) is 0 Å². The number of ether oxygens (including phenoxy) is 1. The Morgan fingerprint density at radius 2 is 1.83 bits per heavy atom. The molecule has 3 heterocycles. The summed E-state index contributed by atoms with van der Waals surface area (Å²) in [6.45, 7) is 14.2. The molecule has 2 aromatic rings. The Hall–Kier alpha value is -3.06. The van der Waals surface area contributed by atoms with Crippen LogP contribution < -0.4 is 10.6 Å². The van der Waals surface area contributed by atoms with Crippen LogP contribution in [0.25, 0.3) is 0 Å². The monoisotopic (exact) mass is 685 g/mol. The lowest BCUT2D eigenvalue weighted by molar-refractivity contribution is -0.131. The van der Waals surface area contributed by atoms with E-state index < -0.39 is 51.0 Å². The molecular formula is C36H55N5O6S. The van der Waals surface area contributed by atoms with Gasteiger partial charge >= 0.3 is 6.09 Å². The molecule has 1 aromatic carbocycles. The number of sulfone groups is 1. The average Bonchev–Trinajstić information content (AvgIpc) is 3.30. The number of nitrogens with one attached hydrogen (secondary N) is 2. The van der Waals surface area contributed by atoms with Crippen molar-refractivity contribution in [2.45, 2.75) is 109 Å². The van der Waals surface area contributed by atoms with E-state index >= 15 is 0 Å². The van der Waals surface area contributed by atoms with Crippen molar-refractivity contribution < 1.29 is 27.9 Å². The molecule has 0 saturated carbocycles. The number of β-amino-alcohol motifs (C(OH)–C–C–N with tert-alkyl or cyclic N) is 1. The van der Waals surface area contributed by atoms with Crippen LogP contribution in [0, 0.1) is 5.92 Å². The van der Waals surface area contributed by atoms with Crippen LogP contribution >= 0.6 is 0 Å². The van der Waals surface area contributed by atoms with E-state index in [4.69, 9.17) is 4.74 Å². The first-order valence-corrected chi connectivity index (χ1v) is 19.0. The van der Waals surface area contributed by atoms with E-state index in [1.165, 1.54) is 0 Å². The number of carbonyl (C=O) groups is 2. The van der Waals surface area contributed by atoms with Crippen LogP contribution in [0.2, 0.25) is 0 Å². The molecule has 1 aromatic heterocycles. The third-order valence-corrected chi connectivity index (χ3v) is 11.5. The number of benzene rings is 1. The van der Waals surface area contributed by atoms with Crippen molar-refractivity contribution in [3.05, 3.63) is 65.5 Å². The molecule has 3 N–H and O–H groups in total. The predicted molar refractivity (Wildman–Crippen MR) is 187 cm³/mol. The Morgan fingerprint density at radius 1 is 1.10 bits per heavy atom. The third-order valence-electron chi connectivity index (χ3n) is 9.04. The smallest absolute Gasteiger partial charge is 0.407 e. The number of pyridine rings is 1. The fraction of sp³-hybridized carbons (Fsp3) is 0.639.